The summed E-state index contributed by atoms with van der Waals surface area (Å²) in [6.45, 7) is 4.62. The summed E-state index contributed by atoms with van der Waals surface area (Å²) in [6.07, 6.45) is 0.982. The second-order valence-corrected chi connectivity index (χ2v) is 6.18. The fourth-order valence-electron chi connectivity index (χ4n) is 2.43. The molecule has 3 nitrogen and oxygen atoms in total. The molecule has 0 aromatic heterocycles. The maximum Gasteiger partial charge on any atom is 0.0579 e. The summed E-state index contributed by atoms with van der Waals surface area (Å²) in [4.78, 5) is 2.30. The van der Waals surface area contributed by atoms with Gasteiger partial charge in [0.1, 0.15) is 0 Å². The largest absolute Gasteiger partial charge is 0.396 e. The Morgan fingerprint density at radius 1 is 1.37 bits per heavy atom. The molecule has 0 saturated carbocycles. The predicted octanol–water partition coefficient (Wildman–Crippen LogP) is 2.21. The molecule has 1 atom stereocenters. The van der Waals surface area contributed by atoms with E-state index in [9.17, 15) is 5.11 Å². The van der Waals surface area contributed by atoms with Gasteiger partial charge < -0.3 is 14.7 Å². The SMILES string of the molecule is CC(Cc1ccc(Cl)cc1)N(C)CC1(CO)COC1. The highest BCUT2D eigenvalue weighted by atomic mass is 35.5. The van der Waals surface area contributed by atoms with Gasteiger partial charge in [0.2, 0.25) is 0 Å². The van der Waals surface area contributed by atoms with Crippen LogP contribution in [-0.2, 0) is 11.2 Å². The summed E-state index contributed by atoms with van der Waals surface area (Å²) < 4.78 is 5.24. The lowest BCUT2D eigenvalue weighted by atomic mass is 9.86. The summed E-state index contributed by atoms with van der Waals surface area (Å²) in [6, 6.07) is 8.42. The maximum atomic E-state index is 9.47. The summed E-state index contributed by atoms with van der Waals surface area (Å²) in [5.74, 6) is 0. The number of ether oxygens (including phenoxy) is 1. The van der Waals surface area contributed by atoms with Crippen molar-refractivity contribution < 1.29 is 9.84 Å². The molecule has 0 aliphatic carbocycles. The van der Waals surface area contributed by atoms with E-state index in [-0.39, 0.29) is 12.0 Å². The van der Waals surface area contributed by atoms with Gasteiger partial charge in [0.25, 0.3) is 0 Å². The summed E-state index contributed by atoms with van der Waals surface area (Å²) in [5, 5.41) is 10.2. The number of benzene rings is 1. The minimum absolute atomic E-state index is 0.0526. The highest BCUT2D eigenvalue weighted by Crippen LogP contribution is 2.28. The molecule has 0 bridgehead atoms. The Morgan fingerprint density at radius 3 is 2.47 bits per heavy atom. The summed E-state index contributed by atoms with van der Waals surface area (Å²) in [7, 11) is 2.11. The van der Waals surface area contributed by atoms with E-state index < -0.39 is 0 Å². The van der Waals surface area contributed by atoms with E-state index in [1.807, 2.05) is 12.1 Å². The number of aliphatic hydroxyl groups is 1. The van der Waals surface area contributed by atoms with Crippen molar-refractivity contribution in [3.63, 3.8) is 0 Å². The molecule has 106 valence electrons. The Labute approximate surface area is 120 Å². The van der Waals surface area contributed by atoms with Crippen LogP contribution in [0.15, 0.2) is 24.3 Å². The third-order valence-corrected chi connectivity index (χ3v) is 4.19. The molecule has 0 amide bonds. The zero-order chi connectivity index (χ0) is 13.9. The van der Waals surface area contributed by atoms with Gasteiger partial charge in [-0.05, 0) is 38.1 Å². The number of hydrogen-bond donors (Lipinski definition) is 1. The highest BCUT2D eigenvalue weighted by Gasteiger charge is 2.39. The molecule has 1 unspecified atom stereocenters. The van der Waals surface area contributed by atoms with Crippen LogP contribution in [0.1, 0.15) is 12.5 Å². The normalized spacial score (nSPS) is 19.2. The average Bonchev–Trinajstić information content (AvgIpc) is 2.36. The van der Waals surface area contributed by atoms with Gasteiger partial charge >= 0.3 is 0 Å². The second-order valence-electron chi connectivity index (χ2n) is 5.75. The van der Waals surface area contributed by atoms with Crippen molar-refractivity contribution in [1.29, 1.82) is 0 Å². The van der Waals surface area contributed by atoms with E-state index >= 15 is 0 Å². The molecule has 1 aromatic rings. The first kappa shape index (κ1) is 14.8. The van der Waals surface area contributed by atoms with Crippen molar-refractivity contribution >= 4 is 11.6 Å². The van der Waals surface area contributed by atoms with Crippen LogP contribution in [0, 0.1) is 5.41 Å². The molecule has 2 rings (SSSR count). The van der Waals surface area contributed by atoms with E-state index in [4.69, 9.17) is 16.3 Å². The van der Waals surface area contributed by atoms with Crippen LogP contribution in [0.25, 0.3) is 0 Å². The van der Waals surface area contributed by atoms with Gasteiger partial charge in [0.05, 0.1) is 25.2 Å². The Bertz CT molecular complexity index is 398. The second kappa shape index (κ2) is 6.23. The zero-order valence-electron chi connectivity index (χ0n) is 11.6. The summed E-state index contributed by atoms with van der Waals surface area (Å²) >= 11 is 5.89. The van der Waals surface area contributed by atoms with Crippen molar-refractivity contribution in [2.45, 2.75) is 19.4 Å². The molecule has 0 radical (unpaired) electrons. The molecule has 1 heterocycles. The Kier molecular flexibility index (Phi) is 4.85. The Morgan fingerprint density at radius 2 is 2.00 bits per heavy atom. The standard InChI is InChI=1S/C15H22ClNO2/c1-12(7-13-3-5-14(16)6-4-13)17(2)8-15(9-18)10-19-11-15/h3-6,12,18H,7-11H2,1-2H3. The first-order valence-corrected chi connectivity index (χ1v) is 7.06. The summed E-state index contributed by atoms with van der Waals surface area (Å²) in [5.41, 5.74) is 1.23. The fourth-order valence-corrected chi connectivity index (χ4v) is 2.55. The topological polar surface area (TPSA) is 32.7 Å². The zero-order valence-corrected chi connectivity index (χ0v) is 12.4. The molecule has 1 fully saturated rings. The van der Waals surface area contributed by atoms with Crippen molar-refractivity contribution in [2.75, 3.05) is 33.4 Å². The van der Waals surface area contributed by atoms with Crippen LogP contribution in [0.4, 0.5) is 0 Å². The van der Waals surface area contributed by atoms with E-state index in [2.05, 4.69) is 31.0 Å². The molecule has 0 spiro atoms. The lowest BCUT2D eigenvalue weighted by Crippen LogP contribution is -2.54. The van der Waals surface area contributed by atoms with E-state index in [1.165, 1.54) is 5.56 Å². The van der Waals surface area contributed by atoms with Crippen molar-refractivity contribution in [3.8, 4) is 0 Å². The minimum atomic E-state index is -0.0526. The van der Waals surface area contributed by atoms with Gasteiger partial charge in [0, 0.05) is 17.6 Å². The first-order valence-electron chi connectivity index (χ1n) is 6.68. The highest BCUT2D eigenvalue weighted by molar-refractivity contribution is 6.30. The van der Waals surface area contributed by atoms with Crippen LogP contribution < -0.4 is 0 Å². The molecule has 1 aromatic carbocycles. The number of nitrogens with zero attached hydrogens (tertiary/aromatic N) is 1. The third-order valence-electron chi connectivity index (χ3n) is 3.93. The molecule has 1 N–H and O–H groups in total. The number of hydrogen-bond acceptors (Lipinski definition) is 3. The van der Waals surface area contributed by atoms with E-state index in [0.717, 1.165) is 18.0 Å². The van der Waals surface area contributed by atoms with Crippen LogP contribution in [0.3, 0.4) is 0 Å². The Hall–Kier alpha value is -0.610. The number of aliphatic hydroxyl groups excluding tert-OH is 1. The smallest absolute Gasteiger partial charge is 0.0579 e. The van der Waals surface area contributed by atoms with Gasteiger partial charge in [-0.1, -0.05) is 23.7 Å². The van der Waals surface area contributed by atoms with Crippen molar-refractivity contribution in [3.05, 3.63) is 34.9 Å². The van der Waals surface area contributed by atoms with Gasteiger partial charge in [0.15, 0.2) is 0 Å². The van der Waals surface area contributed by atoms with Gasteiger partial charge in [-0.3, -0.25) is 0 Å². The van der Waals surface area contributed by atoms with Crippen LogP contribution in [0.2, 0.25) is 5.02 Å². The molecule has 19 heavy (non-hydrogen) atoms. The Balaban J connectivity index is 1.88. The van der Waals surface area contributed by atoms with E-state index in [1.54, 1.807) is 0 Å². The first-order chi connectivity index (χ1) is 9.04. The van der Waals surface area contributed by atoms with Gasteiger partial charge in [-0.25, -0.2) is 0 Å². The lowest BCUT2D eigenvalue weighted by molar-refractivity contribution is -0.148. The quantitative estimate of drug-likeness (QED) is 0.869. The number of likely N-dealkylation sites (N-methyl/N-ethyl adjacent to an activating group) is 1. The van der Waals surface area contributed by atoms with Crippen molar-refractivity contribution in [2.24, 2.45) is 5.41 Å². The monoisotopic (exact) mass is 283 g/mol. The maximum absolute atomic E-state index is 9.47. The molecule has 1 saturated heterocycles. The third kappa shape index (κ3) is 3.69. The van der Waals surface area contributed by atoms with Crippen LogP contribution in [0.5, 0.6) is 0 Å². The van der Waals surface area contributed by atoms with E-state index in [0.29, 0.717) is 19.3 Å². The molecular weight excluding hydrogens is 262 g/mol. The number of rotatable bonds is 6. The van der Waals surface area contributed by atoms with Crippen molar-refractivity contribution in [1.82, 2.24) is 4.90 Å². The lowest BCUT2D eigenvalue weighted by Gasteiger charge is -2.43. The van der Waals surface area contributed by atoms with Gasteiger partial charge in [-0.2, -0.15) is 0 Å². The van der Waals surface area contributed by atoms with Crippen LogP contribution in [-0.4, -0.2) is 49.5 Å². The predicted molar refractivity (Wildman–Crippen MR) is 77.6 cm³/mol. The molecular formula is C15H22ClNO2. The van der Waals surface area contributed by atoms with Gasteiger partial charge in [-0.15, -0.1) is 0 Å². The molecule has 1 aliphatic heterocycles. The molecule has 4 heteroatoms. The average molecular weight is 284 g/mol. The number of halogens is 1. The molecule has 1 aliphatic rings. The fraction of sp³-hybridized carbons (Fsp3) is 0.600. The minimum Gasteiger partial charge on any atom is -0.396 e. The van der Waals surface area contributed by atoms with Crippen LogP contribution >= 0.6 is 11.6 Å².